The standard InChI is InChI=1S/C18H27N3O2/c1-19-18(20-10-7-16-8-12-22-13-9-16)21-11-14-23-15-17-5-3-2-4-6-17/h2-6,8H,7,9-15H2,1H3,(H2,19,20,21). The van der Waals surface area contributed by atoms with Crippen molar-refractivity contribution in [2.24, 2.45) is 4.99 Å². The molecule has 0 bridgehead atoms. The molecule has 2 rings (SSSR count). The van der Waals surface area contributed by atoms with Gasteiger partial charge in [-0.05, 0) is 18.4 Å². The van der Waals surface area contributed by atoms with Crippen molar-refractivity contribution in [3.8, 4) is 0 Å². The fourth-order valence-electron chi connectivity index (χ4n) is 2.36. The molecule has 1 aromatic carbocycles. The molecule has 0 unspecified atom stereocenters. The highest BCUT2D eigenvalue weighted by Gasteiger charge is 2.04. The first kappa shape index (κ1) is 17.5. The van der Waals surface area contributed by atoms with Gasteiger partial charge in [-0.3, -0.25) is 4.99 Å². The predicted octanol–water partition coefficient (Wildman–Crippen LogP) is 2.10. The highest BCUT2D eigenvalue weighted by molar-refractivity contribution is 5.79. The SMILES string of the molecule is CN=C(NCCOCc1ccccc1)NCCC1=CCOCC1. The summed E-state index contributed by atoms with van der Waals surface area (Å²) in [6.45, 7) is 4.51. The van der Waals surface area contributed by atoms with E-state index < -0.39 is 0 Å². The molecule has 0 fully saturated rings. The molecular weight excluding hydrogens is 290 g/mol. The van der Waals surface area contributed by atoms with Crippen LogP contribution in [0.1, 0.15) is 18.4 Å². The van der Waals surface area contributed by atoms with Crippen LogP contribution in [0.4, 0.5) is 0 Å². The Kier molecular flexibility index (Phi) is 8.22. The number of guanidine groups is 1. The van der Waals surface area contributed by atoms with E-state index in [4.69, 9.17) is 9.47 Å². The van der Waals surface area contributed by atoms with Crippen molar-refractivity contribution in [2.45, 2.75) is 19.4 Å². The summed E-state index contributed by atoms with van der Waals surface area (Å²) in [7, 11) is 1.79. The molecule has 0 saturated carbocycles. The molecule has 1 aromatic rings. The molecule has 126 valence electrons. The molecule has 5 heteroatoms. The maximum Gasteiger partial charge on any atom is 0.191 e. The van der Waals surface area contributed by atoms with Crippen LogP contribution in [0.2, 0.25) is 0 Å². The number of aliphatic imine (C=N–C) groups is 1. The van der Waals surface area contributed by atoms with E-state index in [0.29, 0.717) is 13.2 Å². The number of rotatable bonds is 8. The van der Waals surface area contributed by atoms with Crippen LogP contribution in [0.25, 0.3) is 0 Å². The van der Waals surface area contributed by atoms with Crippen LogP contribution in [0.5, 0.6) is 0 Å². The lowest BCUT2D eigenvalue weighted by molar-refractivity contribution is 0.125. The lowest BCUT2D eigenvalue weighted by Gasteiger charge is -2.15. The van der Waals surface area contributed by atoms with Gasteiger partial charge in [0, 0.05) is 20.1 Å². The van der Waals surface area contributed by atoms with Gasteiger partial charge < -0.3 is 20.1 Å². The zero-order valence-corrected chi connectivity index (χ0v) is 13.9. The zero-order valence-electron chi connectivity index (χ0n) is 13.9. The number of benzene rings is 1. The zero-order chi connectivity index (χ0) is 16.2. The van der Waals surface area contributed by atoms with Crippen LogP contribution < -0.4 is 10.6 Å². The van der Waals surface area contributed by atoms with Gasteiger partial charge in [0.1, 0.15) is 0 Å². The van der Waals surface area contributed by atoms with Gasteiger partial charge in [-0.25, -0.2) is 0 Å². The molecule has 0 radical (unpaired) electrons. The minimum Gasteiger partial charge on any atom is -0.377 e. The van der Waals surface area contributed by atoms with E-state index in [9.17, 15) is 0 Å². The van der Waals surface area contributed by atoms with E-state index >= 15 is 0 Å². The molecule has 0 amide bonds. The fourth-order valence-corrected chi connectivity index (χ4v) is 2.36. The maximum absolute atomic E-state index is 5.65. The van der Waals surface area contributed by atoms with Gasteiger partial charge in [0.2, 0.25) is 0 Å². The van der Waals surface area contributed by atoms with Gasteiger partial charge in [-0.15, -0.1) is 0 Å². The molecule has 1 aliphatic rings. The first-order chi connectivity index (χ1) is 11.4. The average molecular weight is 317 g/mol. The van der Waals surface area contributed by atoms with E-state index in [1.165, 1.54) is 11.1 Å². The van der Waals surface area contributed by atoms with Crippen LogP contribution in [-0.2, 0) is 16.1 Å². The Bertz CT molecular complexity index is 500. The summed E-state index contributed by atoms with van der Waals surface area (Å²) in [6.07, 6.45) is 4.26. The summed E-state index contributed by atoms with van der Waals surface area (Å²) in [5, 5.41) is 6.59. The molecule has 0 spiro atoms. The van der Waals surface area contributed by atoms with Crippen molar-refractivity contribution in [2.75, 3.05) is 40.0 Å². The van der Waals surface area contributed by atoms with E-state index in [-0.39, 0.29) is 0 Å². The number of nitrogens with one attached hydrogen (secondary N) is 2. The first-order valence-electron chi connectivity index (χ1n) is 8.20. The fraction of sp³-hybridized carbons (Fsp3) is 0.500. The van der Waals surface area contributed by atoms with Gasteiger partial charge >= 0.3 is 0 Å². The Morgan fingerprint density at radius 1 is 1.22 bits per heavy atom. The molecule has 0 aromatic heterocycles. The lowest BCUT2D eigenvalue weighted by Crippen LogP contribution is -2.39. The van der Waals surface area contributed by atoms with Gasteiger partial charge in [-0.1, -0.05) is 42.0 Å². The molecule has 5 nitrogen and oxygen atoms in total. The summed E-state index contributed by atoms with van der Waals surface area (Å²) < 4.78 is 11.0. The summed E-state index contributed by atoms with van der Waals surface area (Å²) >= 11 is 0. The summed E-state index contributed by atoms with van der Waals surface area (Å²) in [5.74, 6) is 0.820. The Balaban J connectivity index is 1.53. The Labute approximate surface area is 138 Å². The van der Waals surface area contributed by atoms with E-state index in [0.717, 1.165) is 45.1 Å². The highest BCUT2D eigenvalue weighted by Crippen LogP contribution is 2.10. The molecule has 1 aliphatic heterocycles. The predicted molar refractivity (Wildman–Crippen MR) is 93.6 cm³/mol. The monoisotopic (exact) mass is 317 g/mol. The van der Waals surface area contributed by atoms with Crippen LogP contribution >= 0.6 is 0 Å². The summed E-state index contributed by atoms with van der Waals surface area (Å²) in [6, 6.07) is 10.2. The Morgan fingerprint density at radius 2 is 2.04 bits per heavy atom. The van der Waals surface area contributed by atoms with Crippen molar-refractivity contribution in [3.63, 3.8) is 0 Å². The van der Waals surface area contributed by atoms with Gasteiger partial charge in [0.25, 0.3) is 0 Å². The second kappa shape index (κ2) is 10.8. The number of nitrogens with zero attached hydrogens (tertiary/aromatic N) is 1. The van der Waals surface area contributed by atoms with E-state index in [2.05, 4.69) is 33.8 Å². The summed E-state index contributed by atoms with van der Waals surface area (Å²) in [5.41, 5.74) is 2.66. The van der Waals surface area contributed by atoms with E-state index in [1.807, 2.05) is 18.2 Å². The van der Waals surface area contributed by atoms with Crippen LogP contribution in [0, 0.1) is 0 Å². The van der Waals surface area contributed by atoms with Crippen LogP contribution in [0.3, 0.4) is 0 Å². The molecule has 0 atom stereocenters. The Hall–Kier alpha value is -1.85. The number of hydrogen-bond donors (Lipinski definition) is 2. The van der Waals surface area contributed by atoms with Gasteiger partial charge in [0.05, 0.1) is 26.4 Å². The molecular formula is C18H27N3O2. The second-order valence-electron chi connectivity index (χ2n) is 5.40. The van der Waals surface area contributed by atoms with Gasteiger partial charge in [-0.2, -0.15) is 0 Å². The quantitative estimate of drug-likeness (QED) is 0.334. The van der Waals surface area contributed by atoms with Crippen molar-refractivity contribution < 1.29 is 9.47 Å². The van der Waals surface area contributed by atoms with Crippen molar-refractivity contribution in [3.05, 3.63) is 47.5 Å². The van der Waals surface area contributed by atoms with Crippen molar-refractivity contribution in [1.82, 2.24) is 10.6 Å². The number of ether oxygens (including phenoxy) is 2. The van der Waals surface area contributed by atoms with Crippen molar-refractivity contribution in [1.29, 1.82) is 0 Å². The normalized spacial score (nSPS) is 15.2. The van der Waals surface area contributed by atoms with E-state index in [1.54, 1.807) is 7.05 Å². The third kappa shape index (κ3) is 7.30. The number of hydrogen-bond acceptors (Lipinski definition) is 3. The minimum atomic E-state index is 0.644. The molecule has 0 saturated heterocycles. The molecule has 23 heavy (non-hydrogen) atoms. The molecule has 1 heterocycles. The minimum absolute atomic E-state index is 0.644. The largest absolute Gasteiger partial charge is 0.377 e. The third-order valence-electron chi connectivity index (χ3n) is 3.67. The Morgan fingerprint density at radius 3 is 2.78 bits per heavy atom. The van der Waals surface area contributed by atoms with Crippen molar-refractivity contribution >= 4 is 5.96 Å². The highest BCUT2D eigenvalue weighted by atomic mass is 16.5. The van der Waals surface area contributed by atoms with Crippen LogP contribution in [-0.4, -0.2) is 45.9 Å². The second-order valence-corrected chi connectivity index (χ2v) is 5.40. The lowest BCUT2D eigenvalue weighted by atomic mass is 10.1. The summed E-state index contributed by atoms with van der Waals surface area (Å²) in [4.78, 5) is 4.22. The van der Waals surface area contributed by atoms with Crippen LogP contribution in [0.15, 0.2) is 47.0 Å². The first-order valence-corrected chi connectivity index (χ1v) is 8.20. The van der Waals surface area contributed by atoms with Gasteiger partial charge in [0.15, 0.2) is 5.96 Å². The topological polar surface area (TPSA) is 54.9 Å². The molecule has 0 aliphatic carbocycles. The maximum atomic E-state index is 5.65. The third-order valence-corrected chi connectivity index (χ3v) is 3.67. The molecule has 2 N–H and O–H groups in total. The smallest absolute Gasteiger partial charge is 0.191 e. The average Bonchev–Trinajstić information content (AvgIpc) is 2.61.